The fourth-order valence-corrected chi connectivity index (χ4v) is 5.47. The number of hydrogen-bond donors (Lipinski definition) is 2. The molecule has 0 atom stereocenters. The Bertz CT molecular complexity index is 985. The molecule has 4 rings (SSSR count). The van der Waals surface area contributed by atoms with Crippen molar-refractivity contribution < 1.29 is 13.2 Å². The number of nitrogens with zero attached hydrogens (tertiary/aromatic N) is 1. The molecule has 29 heavy (non-hydrogen) atoms. The van der Waals surface area contributed by atoms with Crippen LogP contribution < -0.4 is 10.6 Å². The summed E-state index contributed by atoms with van der Waals surface area (Å²) in [6.45, 7) is 1.64. The summed E-state index contributed by atoms with van der Waals surface area (Å²) >= 11 is 5.47. The van der Waals surface area contributed by atoms with E-state index < -0.39 is 10.0 Å². The molecule has 1 fully saturated rings. The van der Waals surface area contributed by atoms with Crippen LogP contribution in [0.1, 0.15) is 24.0 Å². The van der Waals surface area contributed by atoms with E-state index in [1.165, 1.54) is 28.3 Å². The third-order valence-corrected chi connectivity index (χ3v) is 7.48. The van der Waals surface area contributed by atoms with Gasteiger partial charge in [-0.25, -0.2) is 8.42 Å². The van der Waals surface area contributed by atoms with Gasteiger partial charge in [0.1, 0.15) is 0 Å². The van der Waals surface area contributed by atoms with Crippen molar-refractivity contribution in [2.75, 3.05) is 36.9 Å². The van der Waals surface area contributed by atoms with E-state index in [2.05, 4.69) is 28.8 Å². The van der Waals surface area contributed by atoms with Crippen molar-refractivity contribution in [2.45, 2.75) is 30.6 Å². The Morgan fingerprint density at radius 3 is 2.45 bits per heavy atom. The van der Waals surface area contributed by atoms with Crippen molar-refractivity contribution in [2.24, 2.45) is 0 Å². The molecule has 1 heterocycles. The summed E-state index contributed by atoms with van der Waals surface area (Å²) in [5, 5.41) is 6.94. The van der Waals surface area contributed by atoms with Crippen LogP contribution in [0, 0.1) is 0 Å². The Labute approximate surface area is 177 Å². The van der Waals surface area contributed by atoms with Gasteiger partial charge in [-0.15, -0.1) is 0 Å². The summed E-state index contributed by atoms with van der Waals surface area (Å²) in [6, 6.07) is 13.0. The third-order valence-electron chi connectivity index (χ3n) is 5.36. The van der Waals surface area contributed by atoms with Crippen molar-refractivity contribution in [3.05, 3.63) is 53.6 Å². The molecule has 0 amide bonds. The largest absolute Gasteiger partial charge is 0.379 e. The highest BCUT2D eigenvalue weighted by Gasteiger charge is 2.26. The minimum absolute atomic E-state index is 0.279. The molecule has 1 aliphatic heterocycles. The standard InChI is InChI=1S/C21H25N3O3S2/c25-29(26,24-12-14-27-15-13-24)18-10-8-17(9-11-18)22-21(28)23-20-7-3-5-16-4-1-2-6-19(16)20/h3,5,7-11H,1-2,4,6,12-15H2,(H2,22,23,28). The zero-order valence-corrected chi connectivity index (χ0v) is 17.8. The maximum Gasteiger partial charge on any atom is 0.243 e. The predicted octanol–water partition coefficient (Wildman–Crippen LogP) is 3.40. The molecule has 8 heteroatoms. The average molecular weight is 432 g/mol. The molecule has 1 aliphatic carbocycles. The zero-order chi connectivity index (χ0) is 20.3. The van der Waals surface area contributed by atoms with E-state index in [4.69, 9.17) is 17.0 Å². The van der Waals surface area contributed by atoms with E-state index in [1.54, 1.807) is 24.3 Å². The molecule has 2 aromatic rings. The number of ether oxygens (including phenoxy) is 1. The molecule has 0 spiro atoms. The third kappa shape index (κ3) is 4.61. The van der Waals surface area contributed by atoms with Crippen LogP contribution in [0.3, 0.4) is 0 Å². The van der Waals surface area contributed by atoms with E-state index in [-0.39, 0.29) is 4.90 Å². The minimum atomic E-state index is -3.49. The Morgan fingerprint density at radius 1 is 0.966 bits per heavy atom. The molecule has 2 aliphatic rings. The highest BCUT2D eigenvalue weighted by Crippen LogP contribution is 2.28. The van der Waals surface area contributed by atoms with Crippen LogP contribution in [0.4, 0.5) is 11.4 Å². The van der Waals surface area contributed by atoms with E-state index in [0.29, 0.717) is 31.4 Å². The first-order valence-corrected chi connectivity index (χ1v) is 11.8. The number of nitrogens with one attached hydrogen (secondary N) is 2. The number of fused-ring (bicyclic) bond motifs is 1. The first-order valence-electron chi connectivity index (χ1n) is 9.91. The Kier molecular flexibility index (Phi) is 6.15. The average Bonchev–Trinajstić information content (AvgIpc) is 2.75. The van der Waals surface area contributed by atoms with Gasteiger partial charge in [0, 0.05) is 24.5 Å². The SMILES string of the molecule is O=S(=O)(c1ccc(NC(=S)Nc2cccc3c2CCCC3)cc1)N1CCOCC1. The predicted molar refractivity (Wildman–Crippen MR) is 119 cm³/mol. The van der Waals surface area contributed by atoms with Gasteiger partial charge in [0.2, 0.25) is 10.0 Å². The lowest BCUT2D eigenvalue weighted by Gasteiger charge is -2.26. The summed E-state index contributed by atoms with van der Waals surface area (Å²) in [6.07, 6.45) is 4.61. The highest BCUT2D eigenvalue weighted by atomic mass is 32.2. The summed E-state index contributed by atoms with van der Waals surface area (Å²) in [4.78, 5) is 0.279. The maximum absolute atomic E-state index is 12.7. The van der Waals surface area contributed by atoms with Crippen LogP contribution in [0.25, 0.3) is 0 Å². The molecule has 0 aromatic heterocycles. The van der Waals surface area contributed by atoms with Crippen LogP contribution >= 0.6 is 12.2 Å². The van der Waals surface area contributed by atoms with Crippen LogP contribution in [0.5, 0.6) is 0 Å². The van der Waals surface area contributed by atoms with E-state index in [0.717, 1.165) is 24.2 Å². The number of thiocarbonyl (C=S) groups is 1. The molecule has 2 aromatic carbocycles. The van der Waals surface area contributed by atoms with E-state index in [9.17, 15) is 8.42 Å². The second-order valence-electron chi connectivity index (χ2n) is 7.27. The van der Waals surface area contributed by atoms with Crippen LogP contribution in [-0.2, 0) is 27.6 Å². The van der Waals surface area contributed by atoms with Crippen molar-refractivity contribution in [1.29, 1.82) is 0 Å². The molecule has 0 radical (unpaired) electrons. The van der Waals surface area contributed by atoms with Gasteiger partial charge in [-0.1, -0.05) is 12.1 Å². The highest BCUT2D eigenvalue weighted by molar-refractivity contribution is 7.89. The Balaban J connectivity index is 1.42. The molecule has 2 N–H and O–H groups in total. The lowest BCUT2D eigenvalue weighted by Crippen LogP contribution is -2.40. The van der Waals surface area contributed by atoms with Crippen molar-refractivity contribution in [1.82, 2.24) is 4.31 Å². The van der Waals surface area contributed by atoms with Gasteiger partial charge in [0.05, 0.1) is 18.1 Å². The minimum Gasteiger partial charge on any atom is -0.379 e. The number of morpholine rings is 1. The smallest absolute Gasteiger partial charge is 0.243 e. The van der Waals surface area contributed by atoms with E-state index in [1.807, 2.05) is 0 Å². The summed E-state index contributed by atoms with van der Waals surface area (Å²) in [5.74, 6) is 0. The Morgan fingerprint density at radius 2 is 1.69 bits per heavy atom. The molecular formula is C21H25N3O3S2. The fraction of sp³-hybridized carbons (Fsp3) is 0.381. The number of aryl methyl sites for hydroxylation is 1. The molecule has 0 bridgehead atoms. The fourth-order valence-electron chi connectivity index (χ4n) is 3.83. The van der Waals surface area contributed by atoms with Crippen molar-refractivity contribution >= 4 is 38.7 Å². The zero-order valence-electron chi connectivity index (χ0n) is 16.2. The molecule has 1 saturated heterocycles. The molecule has 0 saturated carbocycles. The normalized spacial score (nSPS) is 17.4. The lowest BCUT2D eigenvalue weighted by molar-refractivity contribution is 0.0730. The molecular weight excluding hydrogens is 406 g/mol. The van der Waals surface area contributed by atoms with Gasteiger partial charge in [0.15, 0.2) is 5.11 Å². The van der Waals surface area contributed by atoms with Crippen molar-refractivity contribution in [3.63, 3.8) is 0 Å². The van der Waals surface area contributed by atoms with Gasteiger partial charge in [0.25, 0.3) is 0 Å². The van der Waals surface area contributed by atoms with Gasteiger partial charge in [-0.05, 0) is 79.4 Å². The monoisotopic (exact) mass is 431 g/mol. The Hall–Kier alpha value is -2.00. The quantitative estimate of drug-likeness (QED) is 0.723. The van der Waals surface area contributed by atoms with Gasteiger partial charge < -0.3 is 15.4 Å². The second kappa shape index (κ2) is 8.79. The number of hydrogen-bond acceptors (Lipinski definition) is 4. The molecule has 0 unspecified atom stereocenters. The maximum atomic E-state index is 12.7. The van der Waals surface area contributed by atoms with E-state index >= 15 is 0 Å². The second-order valence-corrected chi connectivity index (χ2v) is 9.62. The number of anilines is 2. The van der Waals surface area contributed by atoms with Crippen LogP contribution in [0.2, 0.25) is 0 Å². The molecule has 154 valence electrons. The number of benzene rings is 2. The lowest BCUT2D eigenvalue weighted by atomic mass is 9.90. The first kappa shape index (κ1) is 20.3. The van der Waals surface area contributed by atoms with Gasteiger partial charge in [-0.3, -0.25) is 0 Å². The van der Waals surface area contributed by atoms with Gasteiger partial charge in [-0.2, -0.15) is 4.31 Å². The first-order chi connectivity index (χ1) is 14.0. The van der Waals surface area contributed by atoms with Crippen LogP contribution in [-0.4, -0.2) is 44.1 Å². The summed E-state index contributed by atoms with van der Waals surface area (Å²) in [5.41, 5.74) is 4.52. The summed E-state index contributed by atoms with van der Waals surface area (Å²) in [7, 11) is -3.49. The van der Waals surface area contributed by atoms with Gasteiger partial charge >= 0.3 is 0 Å². The van der Waals surface area contributed by atoms with Crippen molar-refractivity contribution in [3.8, 4) is 0 Å². The molecule has 6 nitrogen and oxygen atoms in total. The number of sulfonamides is 1. The summed E-state index contributed by atoms with van der Waals surface area (Å²) < 4.78 is 32.1. The topological polar surface area (TPSA) is 70.7 Å². The number of rotatable bonds is 4. The van der Waals surface area contributed by atoms with Crippen LogP contribution in [0.15, 0.2) is 47.4 Å².